The molecule has 2 fully saturated rings. The maximum absolute atomic E-state index is 15.5. The number of carboxylic acid groups (broad SMARTS) is 1. The summed E-state index contributed by atoms with van der Waals surface area (Å²) in [5, 5.41) is 18.5. The third-order valence-corrected chi connectivity index (χ3v) is 5.08. The molecule has 2 aliphatic rings. The van der Waals surface area contributed by atoms with Crippen molar-refractivity contribution in [2.75, 3.05) is 31.3 Å². The predicted octanol–water partition coefficient (Wildman–Crippen LogP) is 1.51. The quantitative estimate of drug-likeness (QED) is 0.836. The Kier molecular flexibility index (Phi) is 4.35. The molecule has 1 aromatic heterocycles. The number of aromatic carboxylic acids is 1. The van der Waals surface area contributed by atoms with E-state index in [2.05, 4.69) is 0 Å². The number of nitrogens with zero attached hydrogens (tertiary/aromatic N) is 2. The maximum Gasteiger partial charge on any atom is 0.341 e. The molecule has 1 aliphatic carbocycles. The van der Waals surface area contributed by atoms with E-state index in [1.54, 1.807) is 0 Å². The van der Waals surface area contributed by atoms with Gasteiger partial charge in [0.15, 0.2) is 5.82 Å². The van der Waals surface area contributed by atoms with Gasteiger partial charge in [0.05, 0.1) is 36.8 Å². The fourth-order valence-corrected chi connectivity index (χ4v) is 3.59. The van der Waals surface area contributed by atoms with Gasteiger partial charge in [0.2, 0.25) is 5.43 Å². The van der Waals surface area contributed by atoms with E-state index in [-0.39, 0.29) is 49.0 Å². The van der Waals surface area contributed by atoms with E-state index in [1.165, 1.54) is 9.47 Å². The van der Waals surface area contributed by atoms with Gasteiger partial charge in [0, 0.05) is 18.8 Å². The molecular formula is C18H18F2N2O5. The number of aliphatic hydroxyl groups is 1. The van der Waals surface area contributed by atoms with E-state index in [1.807, 2.05) is 0 Å². The molecule has 2 N–H and O–H groups in total. The van der Waals surface area contributed by atoms with Crippen molar-refractivity contribution in [1.82, 2.24) is 4.57 Å². The zero-order valence-electron chi connectivity index (χ0n) is 14.3. The summed E-state index contributed by atoms with van der Waals surface area (Å²) >= 11 is 0. The lowest BCUT2D eigenvalue weighted by molar-refractivity contribution is 0.0693. The van der Waals surface area contributed by atoms with Gasteiger partial charge in [-0.05, 0) is 18.9 Å². The second kappa shape index (κ2) is 6.58. The third-order valence-electron chi connectivity index (χ3n) is 5.08. The number of benzene rings is 1. The van der Waals surface area contributed by atoms with Crippen LogP contribution in [0.4, 0.5) is 14.5 Å². The number of carboxylic acids is 1. The number of hydrogen-bond donors (Lipinski definition) is 2. The molecule has 0 bridgehead atoms. The molecule has 2 heterocycles. The van der Waals surface area contributed by atoms with Crippen LogP contribution in [0.25, 0.3) is 10.9 Å². The lowest BCUT2D eigenvalue weighted by atomic mass is 10.1. The number of aliphatic hydroxyl groups excluding tert-OH is 1. The first-order chi connectivity index (χ1) is 12.9. The van der Waals surface area contributed by atoms with Gasteiger partial charge in [-0.3, -0.25) is 4.79 Å². The van der Waals surface area contributed by atoms with Crippen LogP contribution in [0.2, 0.25) is 0 Å². The van der Waals surface area contributed by atoms with Crippen molar-refractivity contribution in [2.45, 2.75) is 24.9 Å². The molecule has 2 aromatic rings. The number of halogens is 2. The zero-order valence-corrected chi connectivity index (χ0v) is 14.3. The number of fused-ring (bicyclic) bond motifs is 1. The van der Waals surface area contributed by atoms with Crippen molar-refractivity contribution in [3.8, 4) is 0 Å². The largest absolute Gasteiger partial charge is 0.477 e. The SMILES string of the molecule is O=C(O)c1cn(C2CC2)c2c(F)c(N3CCOC[C@H]3CO)c(F)cc2c1=O. The zero-order chi connectivity index (χ0) is 19.3. The molecular weight excluding hydrogens is 362 g/mol. The summed E-state index contributed by atoms with van der Waals surface area (Å²) in [5.74, 6) is -3.33. The number of ether oxygens (including phenoxy) is 1. The molecule has 27 heavy (non-hydrogen) atoms. The Morgan fingerprint density at radius 3 is 2.70 bits per heavy atom. The minimum absolute atomic E-state index is 0.105. The highest BCUT2D eigenvalue weighted by Gasteiger charge is 2.33. The molecule has 1 aliphatic heterocycles. The predicted molar refractivity (Wildman–Crippen MR) is 92.4 cm³/mol. The molecule has 7 nitrogen and oxygen atoms in total. The smallest absolute Gasteiger partial charge is 0.341 e. The number of rotatable bonds is 4. The summed E-state index contributed by atoms with van der Waals surface area (Å²) in [6.45, 7) is 0.220. The van der Waals surface area contributed by atoms with Crippen molar-refractivity contribution in [3.63, 3.8) is 0 Å². The minimum atomic E-state index is -1.44. The van der Waals surface area contributed by atoms with Crippen LogP contribution in [0, 0.1) is 11.6 Å². The molecule has 1 atom stereocenters. The van der Waals surface area contributed by atoms with Crippen LogP contribution in [-0.2, 0) is 4.74 Å². The second-order valence-corrected chi connectivity index (χ2v) is 6.84. The average Bonchev–Trinajstić information content (AvgIpc) is 3.47. The lowest BCUT2D eigenvalue weighted by Gasteiger charge is -2.36. The summed E-state index contributed by atoms with van der Waals surface area (Å²) in [4.78, 5) is 25.3. The van der Waals surface area contributed by atoms with Crippen LogP contribution < -0.4 is 10.3 Å². The Morgan fingerprint density at radius 2 is 2.07 bits per heavy atom. The van der Waals surface area contributed by atoms with Crippen molar-refractivity contribution in [1.29, 1.82) is 0 Å². The summed E-state index contributed by atoms with van der Waals surface area (Å²) in [6, 6.07) is 0.155. The van der Waals surface area contributed by atoms with Crippen LogP contribution in [0.15, 0.2) is 17.1 Å². The van der Waals surface area contributed by atoms with E-state index in [4.69, 9.17) is 4.74 Å². The lowest BCUT2D eigenvalue weighted by Crippen LogP contribution is -2.48. The number of carbonyl (C=O) groups is 1. The fraction of sp³-hybridized carbons (Fsp3) is 0.444. The molecule has 0 radical (unpaired) electrons. The number of aromatic nitrogens is 1. The first kappa shape index (κ1) is 17.9. The molecule has 0 spiro atoms. The van der Waals surface area contributed by atoms with Crippen molar-refractivity contribution in [3.05, 3.63) is 39.7 Å². The van der Waals surface area contributed by atoms with Crippen LogP contribution in [0.1, 0.15) is 29.2 Å². The van der Waals surface area contributed by atoms with Gasteiger partial charge in [-0.2, -0.15) is 0 Å². The molecule has 0 amide bonds. The van der Waals surface area contributed by atoms with E-state index < -0.39 is 34.6 Å². The van der Waals surface area contributed by atoms with Gasteiger partial charge in [-0.25, -0.2) is 13.6 Å². The van der Waals surface area contributed by atoms with Gasteiger partial charge in [-0.1, -0.05) is 0 Å². The number of pyridine rings is 1. The van der Waals surface area contributed by atoms with Gasteiger partial charge in [-0.15, -0.1) is 0 Å². The highest BCUT2D eigenvalue weighted by atomic mass is 19.1. The molecule has 9 heteroatoms. The number of anilines is 1. The van der Waals surface area contributed by atoms with Crippen molar-refractivity contribution >= 4 is 22.6 Å². The Balaban J connectivity index is 2.01. The molecule has 1 saturated carbocycles. The van der Waals surface area contributed by atoms with Crippen LogP contribution in [0.3, 0.4) is 0 Å². The first-order valence-corrected chi connectivity index (χ1v) is 8.69. The summed E-state index contributed by atoms with van der Waals surface area (Å²) < 4.78 is 37.0. The monoisotopic (exact) mass is 380 g/mol. The Hall–Kier alpha value is -2.52. The average molecular weight is 380 g/mol. The first-order valence-electron chi connectivity index (χ1n) is 8.69. The van der Waals surface area contributed by atoms with E-state index in [0.29, 0.717) is 0 Å². The van der Waals surface area contributed by atoms with E-state index in [0.717, 1.165) is 25.1 Å². The molecule has 1 aromatic carbocycles. The summed E-state index contributed by atoms with van der Waals surface area (Å²) in [6.07, 6.45) is 2.58. The van der Waals surface area contributed by atoms with Gasteiger partial charge in [0.1, 0.15) is 17.1 Å². The standard InChI is InChI=1S/C18H18F2N2O5/c19-13-5-11-15(14(20)16(13)21-3-4-27-8-10(21)7-23)22(9-1-2-9)6-12(17(11)24)18(25)26/h5-6,9-10,23H,1-4,7-8H2,(H,25,26)/t10-/m1/s1. The molecule has 4 rings (SSSR count). The van der Waals surface area contributed by atoms with E-state index in [9.17, 15) is 24.2 Å². The topological polar surface area (TPSA) is 92.0 Å². The summed E-state index contributed by atoms with van der Waals surface area (Å²) in [7, 11) is 0. The highest BCUT2D eigenvalue weighted by Crippen LogP contribution is 2.40. The normalized spacial score (nSPS) is 20.3. The van der Waals surface area contributed by atoms with Gasteiger partial charge >= 0.3 is 5.97 Å². The van der Waals surface area contributed by atoms with Crippen LogP contribution in [0.5, 0.6) is 0 Å². The number of morpholine rings is 1. The minimum Gasteiger partial charge on any atom is -0.477 e. The van der Waals surface area contributed by atoms with Crippen LogP contribution >= 0.6 is 0 Å². The third kappa shape index (κ3) is 2.87. The Labute approximate surface area is 152 Å². The van der Waals surface area contributed by atoms with Gasteiger partial charge < -0.3 is 24.4 Å². The fourth-order valence-electron chi connectivity index (χ4n) is 3.59. The Morgan fingerprint density at radius 1 is 1.33 bits per heavy atom. The molecule has 1 saturated heterocycles. The van der Waals surface area contributed by atoms with Crippen molar-refractivity contribution in [2.24, 2.45) is 0 Å². The summed E-state index contributed by atoms with van der Waals surface area (Å²) in [5.41, 5.74) is -1.87. The highest BCUT2D eigenvalue weighted by molar-refractivity contribution is 5.94. The molecule has 0 unspecified atom stereocenters. The second-order valence-electron chi connectivity index (χ2n) is 6.84. The van der Waals surface area contributed by atoms with Crippen LogP contribution in [-0.4, -0.2) is 53.2 Å². The van der Waals surface area contributed by atoms with E-state index >= 15 is 4.39 Å². The molecule has 144 valence electrons. The van der Waals surface area contributed by atoms with Crippen molar-refractivity contribution < 1.29 is 28.5 Å². The number of hydrogen-bond acceptors (Lipinski definition) is 5. The Bertz CT molecular complexity index is 986. The van der Waals surface area contributed by atoms with Gasteiger partial charge in [0.25, 0.3) is 0 Å². The maximum atomic E-state index is 15.5.